The molecule has 0 saturated heterocycles. The normalized spacial score (nSPS) is 16.4. The monoisotopic (exact) mass is 650 g/mol. The Kier molecular flexibility index (Phi) is 9.86. The van der Waals surface area contributed by atoms with Crippen LogP contribution in [0, 0.1) is 12.3 Å². The molecule has 0 atom stereocenters. The van der Waals surface area contributed by atoms with Crippen molar-refractivity contribution in [3.63, 3.8) is 0 Å². The Morgan fingerprint density at radius 3 is 0.575 bits per heavy atom. The minimum Gasteiger partial charge on any atom is -0.687 e. The van der Waals surface area contributed by atoms with Gasteiger partial charge in [0.15, 0.2) is 0 Å². The second-order valence-electron chi connectivity index (χ2n) is 6.94. The van der Waals surface area contributed by atoms with Gasteiger partial charge in [-0.1, -0.05) is 0 Å². The summed E-state index contributed by atoms with van der Waals surface area (Å²) < 4.78 is 325. The van der Waals surface area contributed by atoms with E-state index in [4.69, 9.17) is 6.42 Å². The molecule has 0 aliphatic rings. The third-order valence-corrected chi connectivity index (χ3v) is 4.46. The molecule has 0 aromatic rings. The largest absolute Gasteiger partial charge is 1.00 e. The molecule has 0 fully saturated rings. The van der Waals surface area contributed by atoms with E-state index in [-0.39, 0.29) is 18.9 Å². The van der Waals surface area contributed by atoms with Gasteiger partial charge in [0.25, 0.3) is 0 Å². The molecule has 0 N–H and O–H groups in total. The maximum atomic E-state index is 13.5. The van der Waals surface area contributed by atoms with Crippen LogP contribution in [0.1, 0.15) is 0 Å². The van der Waals surface area contributed by atoms with E-state index >= 15 is 0 Å². The molecular formula is C14F25Li. The van der Waals surface area contributed by atoms with Crippen LogP contribution in [0.25, 0.3) is 0 Å². The third-order valence-electron chi connectivity index (χ3n) is 4.46. The zero-order chi connectivity index (χ0) is 32.7. The van der Waals surface area contributed by atoms with Gasteiger partial charge in [-0.05, 0) is 0 Å². The molecule has 0 nitrogen and oxygen atoms in total. The summed E-state index contributed by atoms with van der Waals surface area (Å²) >= 11 is 0. The molecule has 40 heavy (non-hydrogen) atoms. The molecular weight excluding hydrogens is 650 g/mol. The first-order valence-corrected chi connectivity index (χ1v) is 7.97. The van der Waals surface area contributed by atoms with Crippen molar-refractivity contribution in [2.75, 3.05) is 0 Å². The van der Waals surface area contributed by atoms with E-state index in [2.05, 4.69) is 0 Å². The number of alkyl halides is 25. The molecule has 26 heteroatoms. The van der Waals surface area contributed by atoms with Gasteiger partial charge in [-0.25, -0.2) is 0 Å². The van der Waals surface area contributed by atoms with Crippen LogP contribution in [0.3, 0.4) is 0 Å². The predicted octanol–water partition coefficient (Wildman–Crippen LogP) is 5.13. The summed E-state index contributed by atoms with van der Waals surface area (Å²) in [7, 11) is 0. The quantitative estimate of drug-likeness (QED) is 0.133. The molecule has 0 aromatic carbocycles. The van der Waals surface area contributed by atoms with Crippen molar-refractivity contribution in [1.82, 2.24) is 0 Å². The number of rotatable bonds is 10. The van der Waals surface area contributed by atoms with Gasteiger partial charge >= 0.3 is 90.2 Å². The average Bonchev–Trinajstić information content (AvgIpc) is 2.71. The molecule has 232 valence electrons. The molecule has 0 rings (SSSR count). The molecule has 0 radical (unpaired) electrons. The molecule has 0 heterocycles. The second-order valence-corrected chi connectivity index (χ2v) is 6.94. The summed E-state index contributed by atoms with van der Waals surface area (Å²) in [4.78, 5) is 0. The topological polar surface area (TPSA) is 0 Å². The Hall–Kier alpha value is -1.59. The number of hydrogen-bond acceptors (Lipinski definition) is 0. The second kappa shape index (κ2) is 9.72. The van der Waals surface area contributed by atoms with Crippen molar-refractivity contribution in [2.45, 2.75) is 71.3 Å². The minimum absolute atomic E-state index is 0. The molecule has 0 saturated carbocycles. The van der Waals surface area contributed by atoms with Gasteiger partial charge in [-0.2, -0.15) is 110 Å². The average molecular weight is 650 g/mol. The minimum atomic E-state index is -9.61. The Morgan fingerprint density at radius 2 is 0.425 bits per heavy atom. The maximum Gasteiger partial charge on any atom is 1.00 e. The molecule has 0 aromatic heterocycles. The van der Waals surface area contributed by atoms with Gasteiger partial charge in [-0.3, -0.25) is 5.92 Å². The summed E-state index contributed by atoms with van der Waals surface area (Å²) in [5.74, 6) is -100. The van der Waals surface area contributed by atoms with Gasteiger partial charge < -0.3 is 6.42 Å². The standard InChI is InChI=1S/C14F25.Li/c1-2-3(15,16)4(17,18)5(19,20)6(21,22)7(23,24)8(25,26)9(27,28)10(29,30)11(31,32)12(33,34)13(35,36)14(37,38)39;/q-1;+1. The summed E-state index contributed by atoms with van der Waals surface area (Å²) in [5, 5.41) is 0. The summed E-state index contributed by atoms with van der Waals surface area (Å²) in [6.45, 7) is 0. The molecule has 0 amide bonds. The molecule has 0 spiro atoms. The predicted molar refractivity (Wildman–Crippen MR) is 67.6 cm³/mol. The third kappa shape index (κ3) is 4.53. The Labute approximate surface area is 213 Å². The first kappa shape index (κ1) is 40.5. The Bertz CT molecular complexity index is 961. The number of hydrogen-bond donors (Lipinski definition) is 0. The van der Waals surface area contributed by atoms with E-state index in [9.17, 15) is 110 Å². The molecule has 0 bridgehead atoms. The van der Waals surface area contributed by atoms with Gasteiger partial charge in [0.1, 0.15) is 0 Å². The smallest absolute Gasteiger partial charge is 0.687 e. The van der Waals surface area contributed by atoms with Crippen molar-refractivity contribution in [3.05, 3.63) is 6.42 Å². The van der Waals surface area contributed by atoms with Crippen LogP contribution >= 0.6 is 0 Å². The molecule has 0 aliphatic heterocycles. The molecule has 0 aliphatic carbocycles. The van der Waals surface area contributed by atoms with Crippen molar-refractivity contribution < 1.29 is 129 Å². The van der Waals surface area contributed by atoms with Crippen LogP contribution in [0.15, 0.2) is 0 Å². The van der Waals surface area contributed by atoms with E-state index < -0.39 is 77.2 Å². The first-order chi connectivity index (χ1) is 16.3. The van der Waals surface area contributed by atoms with Gasteiger partial charge in [-0.15, -0.1) is 0 Å². The van der Waals surface area contributed by atoms with E-state index in [1.165, 1.54) is 0 Å². The Morgan fingerprint density at radius 1 is 0.275 bits per heavy atom. The van der Waals surface area contributed by atoms with Gasteiger partial charge in [0, 0.05) is 0 Å². The Balaban J connectivity index is 0. The van der Waals surface area contributed by atoms with E-state index in [0.29, 0.717) is 0 Å². The molecule has 0 unspecified atom stereocenters. The fourth-order valence-corrected chi connectivity index (χ4v) is 2.03. The van der Waals surface area contributed by atoms with Gasteiger partial charge in [0.2, 0.25) is 0 Å². The summed E-state index contributed by atoms with van der Waals surface area (Å²) in [6.07, 6.45) is -2.65. The van der Waals surface area contributed by atoms with E-state index in [0.717, 1.165) is 0 Å². The number of halogens is 25. The van der Waals surface area contributed by atoms with Crippen LogP contribution in [-0.4, -0.2) is 71.3 Å². The van der Waals surface area contributed by atoms with Crippen molar-refractivity contribution >= 4 is 0 Å². The first-order valence-electron chi connectivity index (χ1n) is 7.97. The van der Waals surface area contributed by atoms with Crippen LogP contribution in [0.2, 0.25) is 0 Å². The summed E-state index contributed by atoms with van der Waals surface area (Å²) in [6, 6.07) is 0. The fourth-order valence-electron chi connectivity index (χ4n) is 2.03. The van der Waals surface area contributed by atoms with Crippen LogP contribution in [0.5, 0.6) is 0 Å². The van der Waals surface area contributed by atoms with Crippen molar-refractivity contribution in [1.29, 1.82) is 0 Å². The van der Waals surface area contributed by atoms with E-state index in [1.54, 1.807) is 0 Å². The van der Waals surface area contributed by atoms with Crippen LogP contribution in [0.4, 0.5) is 110 Å². The van der Waals surface area contributed by atoms with Gasteiger partial charge in [0.05, 0.1) is 0 Å². The van der Waals surface area contributed by atoms with Crippen LogP contribution in [-0.2, 0) is 0 Å². The van der Waals surface area contributed by atoms with Crippen molar-refractivity contribution in [3.8, 4) is 5.92 Å². The zero-order valence-electron chi connectivity index (χ0n) is 17.4. The van der Waals surface area contributed by atoms with Crippen molar-refractivity contribution in [2.24, 2.45) is 0 Å². The van der Waals surface area contributed by atoms with E-state index in [1.807, 2.05) is 0 Å². The van der Waals surface area contributed by atoms with Crippen LogP contribution < -0.4 is 18.9 Å². The SMILES string of the molecule is [C-]#CC(F)(F)C(F)(F)C(F)(F)C(F)(F)C(F)(F)C(F)(F)C(F)(F)C(F)(F)C(F)(F)C(F)(F)C(F)(F)C(F)(F)F.[Li+]. The zero-order valence-corrected chi connectivity index (χ0v) is 17.4. The maximum absolute atomic E-state index is 13.5. The fraction of sp³-hybridized carbons (Fsp3) is 0.857. The summed E-state index contributed by atoms with van der Waals surface area (Å²) in [5.41, 5.74) is 0.